The number of H-pyrrole nitrogens is 1. The Morgan fingerprint density at radius 3 is 2.27 bits per heavy atom. The van der Waals surface area contributed by atoms with Crippen LogP contribution in [0, 0.1) is 0 Å². The molecule has 3 heterocycles. The highest BCUT2D eigenvalue weighted by molar-refractivity contribution is 5.55. The van der Waals surface area contributed by atoms with E-state index in [4.69, 9.17) is 23.7 Å². The van der Waals surface area contributed by atoms with Gasteiger partial charge < -0.3 is 28.8 Å². The predicted molar refractivity (Wildman–Crippen MR) is 148 cm³/mol. The van der Waals surface area contributed by atoms with Gasteiger partial charge >= 0.3 is 5.69 Å². The number of nitrogens with zero attached hydrogens (tertiary/aromatic N) is 1. The molecule has 2 aliphatic rings. The minimum Gasteiger partial charge on any atom is -0.497 e. The summed E-state index contributed by atoms with van der Waals surface area (Å²) in [5.41, 5.74) is -1.33. The van der Waals surface area contributed by atoms with E-state index in [9.17, 15) is 14.7 Å². The maximum absolute atomic E-state index is 12.5. The van der Waals surface area contributed by atoms with Crippen LogP contribution in [0.1, 0.15) is 22.9 Å². The predicted octanol–water partition coefficient (Wildman–Crippen LogP) is 2.59. The zero-order chi connectivity index (χ0) is 28.6. The normalized spacial score (nSPS) is 23.4. The lowest BCUT2D eigenvalue weighted by molar-refractivity contribution is -0.204. The van der Waals surface area contributed by atoms with Crippen LogP contribution in [0.4, 0.5) is 0 Å². The zero-order valence-electron chi connectivity index (χ0n) is 22.6. The number of hydrogen-bond donors (Lipinski definition) is 2. The minimum atomic E-state index is -1.29. The first-order valence-corrected chi connectivity index (χ1v) is 13.2. The molecule has 6 rings (SSSR count). The first-order chi connectivity index (χ1) is 19.9. The van der Waals surface area contributed by atoms with Crippen molar-refractivity contribution in [1.82, 2.24) is 9.55 Å². The van der Waals surface area contributed by atoms with Crippen LogP contribution in [0.3, 0.4) is 0 Å². The number of benzene rings is 3. The average Bonchev–Trinajstić information content (AvgIpc) is 3.47. The molecule has 41 heavy (non-hydrogen) atoms. The minimum absolute atomic E-state index is 0.0485. The van der Waals surface area contributed by atoms with Crippen LogP contribution in [0.15, 0.2) is 101 Å². The highest BCUT2D eigenvalue weighted by Crippen LogP contribution is 2.49. The van der Waals surface area contributed by atoms with E-state index in [-0.39, 0.29) is 13.2 Å². The van der Waals surface area contributed by atoms with E-state index >= 15 is 0 Å². The second kappa shape index (κ2) is 10.6. The quantitative estimate of drug-likeness (QED) is 0.301. The smallest absolute Gasteiger partial charge is 0.330 e. The summed E-state index contributed by atoms with van der Waals surface area (Å²) >= 11 is 0. The second-order valence-corrected chi connectivity index (χ2v) is 10.1. The van der Waals surface area contributed by atoms with Gasteiger partial charge in [0.15, 0.2) is 6.23 Å². The molecule has 4 atom stereocenters. The number of rotatable bonds is 9. The highest BCUT2D eigenvalue weighted by Gasteiger charge is 2.63. The van der Waals surface area contributed by atoms with Crippen LogP contribution < -0.4 is 20.7 Å². The maximum atomic E-state index is 12.5. The first kappa shape index (κ1) is 27.0. The third-order valence-electron chi connectivity index (χ3n) is 7.81. The number of aliphatic hydroxyl groups is 1. The van der Waals surface area contributed by atoms with Gasteiger partial charge in [-0.3, -0.25) is 14.3 Å². The molecule has 0 spiro atoms. The molecule has 2 bridgehead atoms. The molecular formula is C31H30N2O8. The van der Waals surface area contributed by atoms with E-state index in [0.29, 0.717) is 17.1 Å². The summed E-state index contributed by atoms with van der Waals surface area (Å²) < 4.78 is 31.8. The van der Waals surface area contributed by atoms with Gasteiger partial charge in [-0.25, -0.2) is 4.79 Å². The van der Waals surface area contributed by atoms with Crippen LogP contribution >= 0.6 is 0 Å². The molecule has 4 aromatic rings. The fourth-order valence-corrected chi connectivity index (χ4v) is 5.75. The molecule has 2 saturated heterocycles. The van der Waals surface area contributed by atoms with Gasteiger partial charge in [-0.05, 0) is 23.3 Å². The molecule has 10 nitrogen and oxygen atoms in total. The summed E-state index contributed by atoms with van der Waals surface area (Å²) in [6.45, 7) is -0.0505. The van der Waals surface area contributed by atoms with Gasteiger partial charge in [0.2, 0.25) is 0 Å². The Morgan fingerprint density at radius 2 is 1.66 bits per heavy atom. The maximum Gasteiger partial charge on any atom is 0.330 e. The standard InChI is InChI=1S/C31H30N2O8/c1-37-22-13-14-23(24(17-22)38-2)31(20-9-5-3-6-10-20,21-11-7-4-8-12-21)40-19-30-18-39-26(27(30)35)28(41-30)33-16-15-25(34)32-29(33)36/h3-17,26-28,35H,18-19H2,1-2H3,(H,32,34,36)/t26-,27+,28-,30-/m1/s1. The Hall–Kier alpha value is -4.22. The summed E-state index contributed by atoms with van der Waals surface area (Å²) in [5.74, 6) is 1.16. The number of aliphatic hydroxyl groups excluding tert-OH is 1. The Kier molecular flexibility index (Phi) is 7.00. The van der Waals surface area contributed by atoms with E-state index in [1.807, 2.05) is 72.8 Å². The molecule has 2 aliphatic heterocycles. The summed E-state index contributed by atoms with van der Waals surface area (Å²) in [6, 6.07) is 26.2. The molecule has 0 aliphatic carbocycles. The molecule has 1 aromatic heterocycles. The second-order valence-electron chi connectivity index (χ2n) is 10.1. The Bertz CT molecular complexity index is 1600. The van der Waals surface area contributed by atoms with Gasteiger partial charge in [0, 0.05) is 23.9 Å². The molecule has 3 aromatic carbocycles. The highest BCUT2D eigenvalue weighted by atomic mass is 16.7. The van der Waals surface area contributed by atoms with Crippen LogP contribution in [-0.4, -0.2) is 59.9 Å². The number of methoxy groups -OCH3 is 2. The molecule has 212 valence electrons. The largest absolute Gasteiger partial charge is 0.497 e. The number of nitrogens with one attached hydrogen (secondary N) is 1. The molecule has 0 radical (unpaired) electrons. The monoisotopic (exact) mass is 558 g/mol. The van der Waals surface area contributed by atoms with Crippen molar-refractivity contribution < 1.29 is 28.8 Å². The molecule has 0 saturated carbocycles. The average molecular weight is 559 g/mol. The lowest BCUT2D eigenvalue weighted by atomic mass is 9.79. The lowest BCUT2D eigenvalue weighted by Gasteiger charge is -2.40. The summed E-state index contributed by atoms with van der Waals surface area (Å²) in [5, 5.41) is 11.4. The number of aromatic amines is 1. The van der Waals surface area contributed by atoms with E-state index in [0.717, 1.165) is 11.1 Å². The SMILES string of the molecule is COc1ccc(C(OC[C@@]23CO[C@@H]([C@H](n4ccc(=O)[nH]c4=O)O2)[C@@H]3O)(c2ccccc2)c2ccccc2)c(OC)c1. The Balaban J connectivity index is 1.47. The van der Waals surface area contributed by atoms with Gasteiger partial charge in [-0.2, -0.15) is 0 Å². The Labute approximate surface area is 235 Å². The number of aromatic nitrogens is 2. The molecular weight excluding hydrogens is 528 g/mol. The number of fused-ring (bicyclic) bond motifs is 2. The summed E-state index contributed by atoms with van der Waals surface area (Å²) in [6.07, 6.45) is -1.56. The molecule has 0 unspecified atom stereocenters. The van der Waals surface area contributed by atoms with Crippen molar-refractivity contribution in [3.8, 4) is 11.5 Å². The van der Waals surface area contributed by atoms with Crippen molar-refractivity contribution in [2.24, 2.45) is 0 Å². The zero-order valence-corrected chi connectivity index (χ0v) is 22.6. The van der Waals surface area contributed by atoms with E-state index in [1.165, 1.54) is 16.8 Å². The van der Waals surface area contributed by atoms with E-state index in [1.54, 1.807) is 20.3 Å². The van der Waals surface area contributed by atoms with Gasteiger partial charge in [-0.1, -0.05) is 60.7 Å². The fourth-order valence-electron chi connectivity index (χ4n) is 5.75. The van der Waals surface area contributed by atoms with Crippen LogP contribution in [0.25, 0.3) is 0 Å². The van der Waals surface area contributed by atoms with Crippen molar-refractivity contribution in [3.63, 3.8) is 0 Å². The van der Waals surface area contributed by atoms with Gasteiger partial charge in [0.1, 0.15) is 34.9 Å². The fraction of sp³-hybridized carbons (Fsp3) is 0.290. The Morgan fingerprint density at radius 1 is 0.976 bits per heavy atom. The molecule has 0 amide bonds. The van der Waals surface area contributed by atoms with Gasteiger partial charge in [-0.15, -0.1) is 0 Å². The topological polar surface area (TPSA) is 121 Å². The van der Waals surface area contributed by atoms with Crippen LogP contribution in [-0.2, 0) is 19.8 Å². The van der Waals surface area contributed by atoms with E-state index < -0.39 is 40.9 Å². The third kappa shape index (κ3) is 4.45. The third-order valence-corrected chi connectivity index (χ3v) is 7.81. The van der Waals surface area contributed by atoms with Crippen molar-refractivity contribution in [2.75, 3.05) is 27.4 Å². The lowest BCUT2D eigenvalue weighted by Crippen LogP contribution is -2.48. The van der Waals surface area contributed by atoms with Gasteiger partial charge in [0.25, 0.3) is 5.56 Å². The van der Waals surface area contributed by atoms with Crippen molar-refractivity contribution in [1.29, 1.82) is 0 Å². The van der Waals surface area contributed by atoms with Crippen molar-refractivity contribution in [2.45, 2.75) is 29.6 Å². The van der Waals surface area contributed by atoms with Crippen LogP contribution in [0.2, 0.25) is 0 Å². The number of hydrogen-bond acceptors (Lipinski definition) is 8. The molecule has 2 N–H and O–H groups in total. The summed E-state index contributed by atoms with van der Waals surface area (Å²) in [7, 11) is 3.18. The van der Waals surface area contributed by atoms with Crippen molar-refractivity contribution >= 4 is 0 Å². The van der Waals surface area contributed by atoms with Crippen molar-refractivity contribution in [3.05, 3.63) is 129 Å². The number of ether oxygens (including phenoxy) is 5. The first-order valence-electron chi connectivity index (χ1n) is 13.2. The summed E-state index contributed by atoms with van der Waals surface area (Å²) in [4.78, 5) is 26.4. The molecule has 2 fully saturated rings. The van der Waals surface area contributed by atoms with Gasteiger partial charge in [0.05, 0.1) is 27.4 Å². The molecule has 10 heteroatoms. The van der Waals surface area contributed by atoms with E-state index in [2.05, 4.69) is 4.98 Å². The van der Waals surface area contributed by atoms with Crippen LogP contribution in [0.5, 0.6) is 11.5 Å².